The van der Waals surface area contributed by atoms with Crippen molar-refractivity contribution < 1.29 is 23.8 Å². The van der Waals surface area contributed by atoms with E-state index in [1.165, 1.54) is 20.1 Å². The molecule has 0 fully saturated rings. The molecular weight excluding hydrogens is 260 g/mol. The van der Waals surface area contributed by atoms with Gasteiger partial charge in [-0.25, -0.2) is 4.79 Å². The van der Waals surface area contributed by atoms with E-state index in [2.05, 4.69) is 0 Å². The molecule has 20 heavy (non-hydrogen) atoms. The maximum absolute atomic E-state index is 11.4. The smallest absolute Gasteiger partial charge is 0.339 e. The lowest BCUT2D eigenvalue weighted by molar-refractivity contribution is 0.0677. The van der Waals surface area contributed by atoms with Crippen LogP contribution in [0.3, 0.4) is 0 Å². The molecule has 1 aromatic carbocycles. The summed E-state index contributed by atoms with van der Waals surface area (Å²) in [4.78, 5) is 22.6. The quantitative estimate of drug-likeness (QED) is 0.848. The average Bonchev–Trinajstić information content (AvgIpc) is 2.86. The fourth-order valence-corrected chi connectivity index (χ4v) is 1.96. The molecule has 5 nitrogen and oxygen atoms in total. The summed E-state index contributed by atoms with van der Waals surface area (Å²) < 4.78 is 10.7. The molecule has 0 aliphatic heterocycles. The molecule has 104 valence electrons. The number of rotatable bonds is 5. The second-order valence-corrected chi connectivity index (χ2v) is 4.28. The van der Waals surface area contributed by atoms with E-state index in [1.807, 2.05) is 18.2 Å². The normalized spacial score (nSPS) is 12.1. The Labute approximate surface area is 115 Å². The lowest BCUT2D eigenvalue weighted by Crippen LogP contribution is -2.07. The summed E-state index contributed by atoms with van der Waals surface area (Å²) in [7, 11) is 1.46. The highest BCUT2D eigenvalue weighted by Crippen LogP contribution is 2.30. The Hall–Kier alpha value is -2.40. The van der Waals surface area contributed by atoms with E-state index in [0.29, 0.717) is 0 Å². The van der Waals surface area contributed by atoms with Crippen LogP contribution in [-0.4, -0.2) is 24.0 Å². The van der Waals surface area contributed by atoms with Gasteiger partial charge in [-0.05, 0) is 5.56 Å². The highest BCUT2D eigenvalue weighted by molar-refractivity contribution is 5.96. The maximum atomic E-state index is 11.4. The zero-order chi connectivity index (χ0) is 14.7. The predicted octanol–water partition coefficient (Wildman–Crippen LogP) is 2.92. The molecule has 0 aliphatic carbocycles. The van der Waals surface area contributed by atoms with Crippen LogP contribution >= 0.6 is 0 Å². The number of hydrogen-bond donors (Lipinski definition) is 1. The number of carbonyl (C=O) groups excluding carboxylic acids is 1. The first kappa shape index (κ1) is 14.0. The molecule has 0 aliphatic rings. The zero-order valence-corrected chi connectivity index (χ0v) is 11.1. The molecule has 2 rings (SSSR count). The minimum atomic E-state index is -1.16. The summed E-state index contributed by atoms with van der Waals surface area (Å²) in [6.45, 7) is 1.32. The second kappa shape index (κ2) is 5.71. The van der Waals surface area contributed by atoms with Crippen molar-refractivity contribution in [1.82, 2.24) is 0 Å². The number of benzene rings is 1. The van der Waals surface area contributed by atoms with Gasteiger partial charge >= 0.3 is 5.97 Å². The number of aromatic carboxylic acids is 1. The molecule has 1 N–H and O–H groups in total. The van der Waals surface area contributed by atoms with Crippen LogP contribution < -0.4 is 0 Å². The predicted molar refractivity (Wildman–Crippen MR) is 71.0 cm³/mol. The molecule has 0 spiro atoms. The molecular formula is C15H14O5. The zero-order valence-electron chi connectivity index (χ0n) is 11.1. The van der Waals surface area contributed by atoms with Crippen LogP contribution in [0.5, 0.6) is 0 Å². The topological polar surface area (TPSA) is 76.7 Å². The van der Waals surface area contributed by atoms with Gasteiger partial charge in [0.25, 0.3) is 0 Å². The minimum Gasteiger partial charge on any atom is -0.478 e. The lowest BCUT2D eigenvalue weighted by atomic mass is 10.0. The fraction of sp³-hybridized carbons (Fsp3) is 0.200. The van der Waals surface area contributed by atoms with E-state index in [0.717, 1.165) is 5.56 Å². The summed E-state index contributed by atoms with van der Waals surface area (Å²) in [5.74, 6) is -1.36. The number of carboxylic acids is 1. The van der Waals surface area contributed by atoms with Crippen LogP contribution in [0.1, 0.15) is 45.3 Å². The first-order valence-electron chi connectivity index (χ1n) is 6.00. The largest absolute Gasteiger partial charge is 0.478 e. The van der Waals surface area contributed by atoms with E-state index in [4.69, 9.17) is 9.15 Å². The van der Waals surface area contributed by atoms with E-state index in [9.17, 15) is 14.7 Å². The number of carboxylic acid groups (broad SMARTS) is 1. The van der Waals surface area contributed by atoms with Gasteiger partial charge in [0.2, 0.25) is 0 Å². The Morgan fingerprint density at radius 3 is 2.40 bits per heavy atom. The Bertz CT molecular complexity index is 627. The average molecular weight is 274 g/mol. The molecule has 0 saturated heterocycles. The van der Waals surface area contributed by atoms with Crippen molar-refractivity contribution >= 4 is 11.8 Å². The number of ether oxygens (including phenoxy) is 1. The Morgan fingerprint density at radius 2 is 1.90 bits per heavy atom. The molecule has 5 heteroatoms. The Morgan fingerprint density at radius 1 is 1.25 bits per heavy atom. The van der Waals surface area contributed by atoms with Crippen LogP contribution in [0, 0.1) is 0 Å². The number of hydrogen-bond acceptors (Lipinski definition) is 4. The summed E-state index contributed by atoms with van der Waals surface area (Å²) in [6.07, 6.45) is -0.671. The fourth-order valence-electron chi connectivity index (χ4n) is 1.96. The molecule has 1 atom stereocenters. The highest BCUT2D eigenvalue weighted by atomic mass is 16.5. The van der Waals surface area contributed by atoms with Gasteiger partial charge in [-0.2, -0.15) is 0 Å². The summed E-state index contributed by atoms with van der Waals surface area (Å²) in [5, 5.41) is 9.23. The van der Waals surface area contributed by atoms with Crippen molar-refractivity contribution in [2.75, 3.05) is 7.11 Å². The Balaban J connectivity index is 2.54. The van der Waals surface area contributed by atoms with Gasteiger partial charge in [-0.1, -0.05) is 30.3 Å². The number of ketones is 1. The minimum absolute atomic E-state index is 0.00961. The standard InChI is InChI=1S/C15H14O5/c1-9(16)12-8-11(15(17)18)14(20-12)13(19-2)10-6-4-3-5-7-10/h3-8,13H,1-2H3,(H,17,18). The van der Waals surface area contributed by atoms with Gasteiger partial charge in [0, 0.05) is 20.1 Å². The third-order valence-electron chi connectivity index (χ3n) is 2.91. The van der Waals surface area contributed by atoms with Crippen LogP contribution in [0.4, 0.5) is 0 Å². The van der Waals surface area contributed by atoms with E-state index >= 15 is 0 Å². The molecule has 1 aromatic heterocycles. The van der Waals surface area contributed by atoms with Crippen LogP contribution in [0.2, 0.25) is 0 Å². The van der Waals surface area contributed by atoms with Crippen LogP contribution in [-0.2, 0) is 4.74 Å². The van der Waals surface area contributed by atoms with Crippen molar-refractivity contribution in [3.63, 3.8) is 0 Å². The summed E-state index contributed by atoms with van der Waals surface area (Å²) >= 11 is 0. The molecule has 2 aromatic rings. The van der Waals surface area contributed by atoms with E-state index < -0.39 is 12.1 Å². The van der Waals surface area contributed by atoms with Crippen molar-refractivity contribution in [2.45, 2.75) is 13.0 Å². The first-order chi connectivity index (χ1) is 9.54. The van der Waals surface area contributed by atoms with E-state index in [1.54, 1.807) is 12.1 Å². The molecule has 0 amide bonds. The molecule has 0 saturated carbocycles. The molecule has 1 heterocycles. The van der Waals surface area contributed by atoms with Gasteiger partial charge in [0.05, 0.1) is 0 Å². The highest BCUT2D eigenvalue weighted by Gasteiger charge is 2.27. The Kier molecular flexibility index (Phi) is 4.00. The van der Waals surface area contributed by atoms with Gasteiger partial charge in [0.15, 0.2) is 17.3 Å². The lowest BCUT2D eigenvalue weighted by Gasteiger charge is -2.14. The third kappa shape index (κ3) is 2.62. The summed E-state index contributed by atoms with van der Waals surface area (Å²) in [5.41, 5.74) is 0.688. The van der Waals surface area contributed by atoms with Crippen molar-refractivity contribution in [1.29, 1.82) is 0 Å². The van der Waals surface area contributed by atoms with Crippen molar-refractivity contribution in [3.8, 4) is 0 Å². The molecule has 0 radical (unpaired) electrons. The maximum Gasteiger partial charge on any atom is 0.339 e. The van der Waals surface area contributed by atoms with Gasteiger partial charge in [0.1, 0.15) is 11.7 Å². The summed E-state index contributed by atoms with van der Waals surface area (Å²) in [6, 6.07) is 10.3. The second-order valence-electron chi connectivity index (χ2n) is 4.28. The van der Waals surface area contributed by atoms with Gasteiger partial charge < -0.3 is 14.3 Å². The molecule has 0 bridgehead atoms. The number of furan rings is 1. The van der Waals surface area contributed by atoms with E-state index in [-0.39, 0.29) is 22.9 Å². The number of carbonyl (C=O) groups is 2. The number of Topliss-reactive ketones (excluding diaryl/α,β-unsaturated/α-hetero) is 1. The number of methoxy groups -OCH3 is 1. The third-order valence-corrected chi connectivity index (χ3v) is 2.91. The van der Waals surface area contributed by atoms with Gasteiger partial charge in [-0.15, -0.1) is 0 Å². The van der Waals surface area contributed by atoms with Crippen molar-refractivity contribution in [3.05, 3.63) is 59.0 Å². The van der Waals surface area contributed by atoms with Crippen molar-refractivity contribution in [2.24, 2.45) is 0 Å². The van der Waals surface area contributed by atoms with Gasteiger partial charge in [-0.3, -0.25) is 4.79 Å². The molecule has 1 unspecified atom stereocenters. The first-order valence-corrected chi connectivity index (χ1v) is 6.00. The monoisotopic (exact) mass is 274 g/mol. The van der Waals surface area contributed by atoms with Crippen LogP contribution in [0.15, 0.2) is 40.8 Å². The SMILES string of the molecule is COC(c1ccccc1)c1oc(C(C)=O)cc1C(=O)O. The van der Waals surface area contributed by atoms with Crippen LogP contribution in [0.25, 0.3) is 0 Å².